The minimum atomic E-state index is -0.318. The predicted molar refractivity (Wildman–Crippen MR) is 47.3 cm³/mol. The first-order valence-electron chi connectivity index (χ1n) is 4.60. The molecule has 0 aromatic carbocycles. The predicted octanol–water partition coefficient (Wildman–Crippen LogP) is -0.654. The molecule has 2 atom stereocenters. The summed E-state index contributed by atoms with van der Waals surface area (Å²) in [5.41, 5.74) is 0.888. The molecular formula is C8H14N4O. The molecule has 13 heavy (non-hydrogen) atoms. The number of aliphatic hydroxyl groups is 1. The van der Waals surface area contributed by atoms with Crippen LogP contribution in [0.15, 0.2) is 6.20 Å². The van der Waals surface area contributed by atoms with E-state index in [4.69, 9.17) is 0 Å². The maximum atomic E-state index is 9.58. The molecule has 2 rings (SSSR count). The standard InChI is InChI=1S/C8H14N4O/c1-2-12-5-7(10-11-12)6-3-9-4-8(6)13/h5-6,8-9,13H,2-4H2,1H3. The van der Waals surface area contributed by atoms with Gasteiger partial charge in [0.1, 0.15) is 0 Å². The number of nitrogens with one attached hydrogen (secondary N) is 1. The summed E-state index contributed by atoms with van der Waals surface area (Å²) in [6.45, 7) is 4.29. The van der Waals surface area contributed by atoms with Crippen LogP contribution in [0.2, 0.25) is 0 Å². The first kappa shape index (κ1) is 8.65. The van der Waals surface area contributed by atoms with Crippen molar-refractivity contribution in [3.8, 4) is 0 Å². The first-order chi connectivity index (χ1) is 6.31. The van der Waals surface area contributed by atoms with Crippen LogP contribution in [0.3, 0.4) is 0 Å². The fourth-order valence-corrected chi connectivity index (χ4v) is 1.60. The van der Waals surface area contributed by atoms with Gasteiger partial charge in [0.15, 0.2) is 0 Å². The number of nitrogens with zero attached hydrogens (tertiary/aromatic N) is 3. The molecule has 1 aliphatic heterocycles. The van der Waals surface area contributed by atoms with Crippen molar-refractivity contribution in [2.24, 2.45) is 0 Å². The van der Waals surface area contributed by atoms with Crippen molar-refractivity contribution in [1.82, 2.24) is 20.3 Å². The van der Waals surface area contributed by atoms with E-state index in [0.29, 0.717) is 6.54 Å². The SMILES string of the molecule is CCn1cc(C2CNCC2O)nn1. The van der Waals surface area contributed by atoms with Crippen molar-refractivity contribution in [2.75, 3.05) is 13.1 Å². The van der Waals surface area contributed by atoms with Crippen molar-refractivity contribution >= 4 is 0 Å². The fourth-order valence-electron chi connectivity index (χ4n) is 1.60. The van der Waals surface area contributed by atoms with Gasteiger partial charge in [0.25, 0.3) is 0 Å². The lowest BCUT2D eigenvalue weighted by atomic mass is 10.0. The van der Waals surface area contributed by atoms with E-state index >= 15 is 0 Å². The number of hydrogen-bond donors (Lipinski definition) is 2. The van der Waals surface area contributed by atoms with Crippen LogP contribution >= 0.6 is 0 Å². The van der Waals surface area contributed by atoms with Gasteiger partial charge in [-0.25, -0.2) is 0 Å². The molecule has 0 bridgehead atoms. The first-order valence-corrected chi connectivity index (χ1v) is 4.60. The van der Waals surface area contributed by atoms with E-state index in [-0.39, 0.29) is 12.0 Å². The summed E-state index contributed by atoms with van der Waals surface area (Å²) in [4.78, 5) is 0. The maximum Gasteiger partial charge on any atom is 0.0897 e. The molecule has 5 heteroatoms. The summed E-state index contributed by atoms with van der Waals surface area (Å²) in [5, 5.41) is 20.7. The summed E-state index contributed by atoms with van der Waals surface area (Å²) in [7, 11) is 0. The third-order valence-corrected chi connectivity index (χ3v) is 2.44. The normalized spacial score (nSPS) is 28.2. The second-order valence-corrected chi connectivity index (χ2v) is 3.33. The molecule has 0 spiro atoms. The summed E-state index contributed by atoms with van der Waals surface area (Å²) in [5.74, 6) is 0.111. The van der Waals surface area contributed by atoms with Crippen LogP contribution in [0, 0.1) is 0 Å². The Bertz CT molecular complexity index is 285. The van der Waals surface area contributed by atoms with Gasteiger partial charge in [-0.2, -0.15) is 0 Å². The van der Waals surface area contributed by atoms with Gasteiger partial charge in [-0.1, -0.05) is 5.21 Å². The number of rotatable bonds is 2. The third-order valence-electron chi connectivity index (χ3n) is 2.44. The van der Waals surface area contributed by atoms with Crippen LogP contribution in [0.1, 0.15) is 18.5 Å². The Morgan fingerprint density at radius 2 is 2.54 bits per heavy atom. The molecule has 2 N–H and O–H groups in total. The van der Waals surface area contributed by atoms with Crippen molar-refractivity contribution < 1.29 is 5.11 Å². The quantitative estimate of drug-likeness (QED) is 0.637. The van der Waals surface area contributed by atoms with Gasteiger partial charge >= 0.3 is 0 Å². The highest BCUT2D eigenvalue weighted by Gasteiger charge is 2.28. The largest absolute Gasteiger partial charge is 0.391 e. The zero-order chi connectivity index (χ0) is 9.26. The second kappa shape index (κ2) is 3.43. The van der Waals surface area contributed by atoms with E-state index in [1.54, 1.807) is 4.68 Å². The Morgan fingerprint density at radius 1 is 1.69 bits per heavy atom. The van der Waals surface area contributed by atoms with Crippen LogP contribution in [0.5, 0.6) is 0 Å². The van der Waals surface area contributed by atoms with Gasteiger partial charge in [0.05, 0.1) is 11.8 Å². The summed E-state index contributed by atoms with van der Waals surface area (Å²) in [6, 6.07) is 0. The number of aliphatic hydroxyl groups excluding tert-OH is 1. The zero-order valence-electron chi connectivity index (χ0n) is 7.64. The second-order valence-electron chi connectivity index (χ2n) is 3.33. The Kier molecular flexibility index (Phi) is 2.28. The minimum absolute atomic E-state index is 0.111. The van der Waals surface area contributed by atoms with Gasteiger partial charge in [-0.05, 0) is 6.92 Å². The molecule has 0 saturated carbocycles. The smallest absolute Gasteiger partial charge is 0.0897 e. The van der Waals surface area contributed by atoms with Crippen LogP contribution in [0.4, 0.5) is 0 Å². The van der Waals surface area contributed by atoms with Gasteiger partial charge in [0.2, 0.25) is 0 Å². The van der Waals surface area contributed by atoms with E-state index in [1.807, 2.05) is 13.1 Å². The van der Waals surface area contributed by atoms with Crippen LogP contribution in [-0.2, 0) is 6.54 Å². The highest BCUT2D eigenvalue weighted by atomic mass is 16.3. The summed E-state index contributed by atoms with van der Waals surface area (Å²) < 4.78 is 1.78. The topological polar surface area (TPSA) is 63.0 Å². The molecule has 1 aromatic heterocycles. The fraction of sp³-hybridized carbons (Fsp3) is 0.750. The Balaban J connectivity index is 2.15. The zero-order valence-corrected chi connectivity index (χ0v) is 7.64. The van der Waals surface area contributed by atoms with Gasteiger partial charge in [-0.3, -0.25) is 4.68 Å². The van der Waals surface area contributed by atoms with Crippen LogP contribution in [0.25, 0.3) is 0 Å². The Labute approximate surface area is 76.8 Å². The molecule has 1 aliphatic rings. The molecular weight excluding hydrogens is 168 g/mol. The maximum absolute atomic E-state index is 9.58. The highest BCUT2D eigenvalue weighted by Crippen LogP contribution is 2.19. The Morgan fingerprint density at radius 3 is 3.08 bits per heavy atom. The summed E-state index contributed by atoms with van der Waals surface area (Å²) >= 11 is 0. The van der Waals surface area contributed by atoms with Crippen molar-refractivity contribution in [3.05, 3.63) is 11.9 Å². The average Bonchev–Trinajstić information content (AvgIpc) is 2.71. The monoisotopic (exact) mass is 182 g/mol. The van der Waals surface area contributed by atoms with E-state index in [9.17, 15) is 5.11 Å². The molecule has 2 unspecified atom stereocenters. The molecule has 0 aliphatic carbocycles. The van der Waals surface area contributed by atoms with E-state index in [0.717, 1.165) is 18.8 Å². The van der Waals surface area contributed by atoms with Crippen LogP contribution in [-0.4, -0.2) is 39.3 Å². The van der Waals surface area contributed by atoms with Gasteiger partial charge in [-0.15, -0.1) is 5.10 Å². The van der Waals surface area contributed by atoms with Crippen molar-refractivity contribution in [3.63, 3.8) is 0 Å². The molecule has 0 amide bonds. The highest BCUT2D eigenvalue weighted by molar-refractivity contribution is 5.08. The number of β-amino-alcohol motifs (C(OH)–C–C–N with tert-alkyl or cyclic N) is 1. The van der Waals surface area contributed by atoms with E-state index in [2.05, 4.69) is 15.6 Å². The molecule has 5 nitrogen and oxygen atoms in total. The van der Waals surface area contributed by atoms with E-state index in [1.165, 1.54) is 0 Å². The molecule has 0 radical (unpaired) electrons. The van der Waals surface area contributed by atoms with Gasteiger partial charge in [0, 0.05) is 31.7 Å². The number of hydrogen-bond acceptors (Lipinski definition) is 4. The summed E-state index contributed by atoms with van der Waals surface area (Å²) in [6.07, 6.45) is 1.59. The lowest BCUT2D eigenvalue weighted by Gasteiger charge is -2.08. The van der Waals surface area contributed by atoms with Gasteiger partial charge < -0.3 is 10.4 Å². The lowest BCUT2D eigenvalue weighted by molar-refractivity contribution is 0.176. The number of aryl methyl sites for hydroxylation is 1. The van der Waals surface area contributed by atoms with E-state index < -0.39 is 0 Å². The molecule has 1 saturated heterocycles. The molecule has 2 heterocycles. The molecule has 1 fully saturated rings. The average molecular weight is 182 g/mol. The molecule has 1 aromatic rings. The third kappa shape index (κ3) is 1.57. The Hall–Kier alpha value is -0.940. The van der Waals surface area contributed by atoms with Crippen molar-refractivity contribution in [2.45, 2.75) is 25.5 Å². The minimum Gasteiger partial charge on any atom is -0.391 e. The molecule has 72 valence electrons. The van der Waals surface area contributed by atoms with Crippen molar-refractivity contribution in [1.29, 1.82) is 0 Å². The van der Waals surface area contributed by atoms with Crippen LogP contribution < -0.4 is 5.32 Å². The lowest BCUT2D eigenvalue weighted by Crippen LogP contribution is -2.16. The number of aromatic nitrogens is 3.